The Balaban J connectivity index is 1.69. The average molecular weight is 369 g/mol. The fourth-order valence-corrected chi connectivity index (χ4v) is 5.88. The third-order valence-electron chi connectivity index (χ3n) is 5.20. The zero-order chi connectivity index (χ0) is 18.3. The van der Waals surface area contributed by atoms with Gasteiger partial charge in [-0.25, -0.2) is 9.06 Å². The predicted octanol–water partition coefficient (Wildman–Crippen LogP) is 6.09. The molecular formula is C21H21FNO2P. The van der Waals surface area contributed by atoms with Gasteiger partial charge in [0.25, 0.3) is 0 Å². The summed E-state index contributed by atoms with van der Waals surface area (Å²) >= 11 is 0. The molecule has 3 aromatic rings. The molecule has 0 N–H and O–H groups in total. The number of fused-ring (bicyclic) bond motifs is 1. The van der Waals surface area contributed by atoms with Gasteiger partial charge in [-0.05, 0) is 41.9 Å². The zero-order valence-corrected chi connectivity index (χ0v) is 15.6. The quantitative estimate of drug-likeness (QED) is 0.523. The number of nitrogens with zero attached hydrogens (tertiary/aromatic N) is 1. The monoisotopic (exact) mass is 369 g/mol. The van der Waals surface area contributed by atoms with E-state index in [-0.39, 0.29) is 6.04 Å². The van der Waals surface area contributed by atoms with E-state index in [0.29, 0.717) is 5.56 Å². The maximum absolute atomic E-state index is 15.4. The van der Waals surface area contributed by atoms with Crippen molar-refractivity contribution >= 4 is 18.3 Å². The average Bonchev–Trinajstić information content (AvgIpc) is 2.93. The number of alkyl halides is 1. The van der Waals surface area contributed by atoms with Gasteiger partial charge in [0.2, 0.25) is 5.91 Å². The molecule has 4 atom stereocenters. The van der Waals surface area contributed by atoms with E-state index in [9.17, 15) is 4.57 Å². The third kappa shape index (κ3) is 2.79. The van der Waals surface area contributed by atoms with Crippen molar-refractivity contribution in [3.8, 4) is 0 Å². The van der Waals surface area contributed by atoms with Gasteiger partial charge in [0, 0.05) is 6.04 Å². The second-order valence-corrected chi connectivity index (χ2v) is 9.18. The van der Waals surface area contributed by atoms with E-state index >= 15 is 4.39 Å². The van der Waals surface area contributed by atoms with E-state index in [2.05, 4.69) is 0 Å². The third-order valence-corrected chi connectivity index (χ3v) is 7.84. The molecule has 1 aliphatic heterocycles. The highest BCUT2D eigenvalue weighted by atomic mass is 31.2. The highest BCUT2D eigenvalue weighted by Gasteiger charge is 2.52. The Morgan fingerprint density at radius 3 is 2.38 bits per heavy atom. The van der Waals surface area contributed by atoms with Gasteiger partial charge in [0.15, 0.2) is 0 Å². The summed E-state index contributed by atoms with van der Waals surface area (Å²) in [5, 5.41) is 1.95. The Labute approximate surface area is 152 Å². The molecule has 0 aliphatic carbocycles. The highest BCUT2D eigenvalue weighted by molar-refractivity contribution is 7.57. The second kappa shape index (κ2) is 6.62. The van der Waals surface area contributed by atoms with Gasteiger partial charge in [-0.1, -0.05) is 66.7 Å². The van der Waals surface area contributed by atoms with Crippen molar-refractivity contribution in [2.45, 2.75) is 25.0 Å². The van der Waals surface area contributed by atoms with Gasteiger partial charge in [0.1, 0.15) is 6.10 Å². The van der Waals surface area contributed by atoms with E-state index in [1.807, 2.05) is 67.6 Å². The first-order chi connectivity index (χ1) is 12.5. The second-order valence-electron chi connectivity index (χ2n) is 6.76. The van der Waals surface area contributed by atoms with Crippen LogP contribution in [0.15, 0.2) is 72.8 Å². The molecule has 1 aliphatic rings. The standard InChI is InChI=1S/C21H21FNO2P/c1-15-20(17-9-4-3-5-10-17)25-26(24,23(15)2)21(22)19-13-12-16-8-6-7-11-18(16)14-19/h3-15,20-21H,1-2H3/t15-,20-,21-,26+/m0/s1. The molecule has 0 amide bonds. The molecule has 3 nitrogen and oxygen atoms in total. The number of benzene rings is 3. The summed E-state index contributed by atoms with van der Waals surface area (Å²) in [6.45, 7) is 1.92. The van der Waals surface area contributed by atoms with Crippen molar-refractivity contribution in [1.82, 2.24) is 4.67 Å². The van der Waals surface area contributed by atoms with Crippen molar-refractivity contribution < 1.29 is 13.5 Å². The van der Waals surface area contributed by atoms with E-state index in [0.717, 1.165) is 16.3 Å². The number of hydrogen-bond acceptors (Lipinski definition) is 2. The summed E-state index contributed by atoms with van der Waals surface area (Å²) in [4.78, 5) is 0. The van der Waals surface area contributed by atoms with Crippen LogP contribution in [-0.2, 0) is 9.09 Å². The molecule has 0 unspecified atom stereocenters. The SMILES string of the molecule is C[C@H]1[C@@H](c2ccccc2)O[P@](=O)([C@H](F)c2ccc3ccccc3c2)N1C. The van der Waals surface area contributed by atoms with Crippen molar-refractivity contribution in [1.29, 1.82) is 0 Å². The van der Waals surface area contributed by atoms with E-state index < -0.39 is 19.5 Å². The molecule has 4 rings (SSSR count). The summed E-state index contributed by atoms with van der Waals surface area (Å²) in [5.41, 5.74) is 1.30. The molecule has 0 spiro atoms. The minimum absolute atomic E-state index is 0.179. The first kappa shape index (κ1) is 17.4. The van der Waals surface area contributed by atoms with Crippen molar-refractivity contribution in [3.63, 3.8) is 0 Å². The lowest BCUT2D eigenvalue weighted by molar-refractivity contribution is 0.203. The number of rotatable bonds is 3. The Morgan fingerprint density at radius 1 is 1.00 bits per heavy atom. The molecule has 0 saturated carbocycles. The number of hydrogen-bond donors (Lipinski definition) is 0. The fourth-order valence-electron chi connectivity index (χ4n) is 3.51. The first-order valence-electron chi connectivity index (χ1n) is 8.70. The van der Waals surface area contributed by atoms with Crippen LogP contribution in [0.5, 0.6) is 0 Å². The Kier molecular flexibility index (Phi) is 4.44. The summed E-state index contributed by atoms with van der Waals surface area (Å²) in [6, 6.07) is 22.5. The predicted molar refractivity (Wildman–Crippen MR) is 103 cm³/mol. The lowest BCUT2D eigenvalue weighted by Crippen LogP contribution is -2.24. The largest absolute Gasteiger partial charge is 0.311 e. The summed E-state index contributed by atoms with van der Waals surface area (Å²) < 4.78 is 36.4. The van der Waals surface area contributed by atoms with Gasteiger partial charge < -0.3 is 4.52 Å². The van der Waals surface area contributed by atoms with Crippen LogP contribution in [0.1, 0.15) is 30.1 Å². The maximum atomic E-state index is 15.4. The number of halogens is 1. The van der Waals surface area contributed by atoms with Crippen LogP contribution < -0.4 is 0 Å². The molecule has 1 saturated heterocycles. The minimum atomic E-state index is -3.66. The Bertz CT molecular complexity index is 978. The van der Waals surface area contributed by atoms with Crippen LogP contribution in [0, 0.1) is 0 Å². The summed E-state index contributed by atoms with van der Waals surface area (Å²) in [7, 11) is -1.98. The first-order valence-corrected chi connectivity index (χ1v) is 10.3. The van der Waals surface area contributed by atoms with Crippen molar-refractivity contribution in [2.75, 3.05) is 7.05 Å². The number of likely N-dealkylation sites (N-methyl/N-ethyl adjacent to an activating group) is 1. The van der Waals surface area contributed by atoms with Crippen LogP contribution in [0.25, 0.3) is 10.8 Å². The van der Waals surface area contributed by atoms with Gasteiger partial charge in [-0.3, -0.25) is 4.57 Å². The molecule has 1 heterocycles. The van der Waals surface area contributed by atoms with Gasteiger partial charge in [-0.2, -0.15) is 0 Å². The lowest BCUT2D eigenvalue weighted by atomic mass is 10.0. The molecule has 0 bridgehead atoms. The van der Waals surface area contributed by atoms with E-state index in [1.54, 1.807) is 23.9 Å². The maximum Gasteiger partial charge on any atom is 0.311 e. The summed E-state index contributed by atoms with van der Waals surface area (Å²) in [6.07, 6.45) is -0.411. The molecule has 26 heavy (non-hydrogen) atoms. The smallest absolute Gasteiger partial charge is 0.305 e. The topological polar surface area (TPSA) is 29.5 Å². The molecule has 0 radical (unpaired) electrons. The van der Waals surface area contributed by atoms with Crippen molar-refractivity contribution in [3.05, 3.63) is 83.9 Å². The Morgan fingerprint density at radius 2 is 1.65 bits per heavy atom. The van der Waals surface area contributed by atoms with E-state index in [1.165, 1.54) is 0 Å². The van der Waals surface area contributed by atoms with Crippen LogP contribution in [-0.4, -0.2) is 17.8 Å². The molecular weight excluding hydrogens is 348 g/mol. The Hall–Kier alpha value is -2.00. The van der Waals surface area contributed by atoms with Crippen LogP contribution in [0.4, 0.5) is 4.39 Å². The fraction of sp³-hybridized carbons (Fsp3) is 0.238. The van der Waals surface area contributed by atoms with Crippen LogP contribution >= 0.6 is 7.52 Å². The van der Waals surface area contributed by atoms with Crippen LogP contribution in [0.2, 0.25) is 0 Å². The minimum Gasteiger partial charge on any atom is -0.305 e. The molecule has 5 heteroatoms. The van der Waals surface area contributed by atoms with Crippen LogP contribution in [0.3, 0.4) is 0 Å². The van der Waals surface area contributed by atoms with Crippen molar-refractivity contribution in [2.24, 2.45) is 0 Å². The zero-order valence-electron chi connectivity index (χ0n) is 14.7. The molecule has 0 aromatic heterocycles. The van der Waals surface area contributed by atoms with Gasteiger partial charge >= 0.3 is 7.52 Å². The molecule has 134 valence electrons. The highest BCUT2D eigenvalue weighted by Crippen LogP contribution is 2.70. The summed E-state index contributed by atoms with van der Waals surface area (Å²) in [5.74, 6) is -1.69. The lowest BCUT2D eigenvalue weighted by Gasteiger charge is -2.24. The van der Waals surface area contributed by atoms with E-state index in [4.69, 9.17) is 4.52 Å². The molecule has 1 fully saturated rings. The van der Waals surface area contributed by atoms with Gasteiger partial charge in [0.05, 0.1) is 0 Å². The van der Waals surface area contributed by atoms with Gasteiger partial charge in [-0.15, -0.1) is 0 Å². The molecule has 3 aromatic carbocycles. The normalized spacial score (nSPS) is 27.7.